The average Bonchev–Trinajstić information content (AvgIpc) is 3.12. The number of aromatic nitrogens is 2. The number of para-hydroxylation sites is 2. The van der Waals surface area contributed by atoms with E-state index in [0.29, 0.717) is 36.6 Å². The van der Waals surface area contributed by atoms with Crippen LogP contribution in [0.5, 0.6) is 17.2 Å². The van der Waals surface area contributed by atoms with Crippen molar-refractivity contribution in [1.29, 1.82) is 0 Å². The maximum absolute atomic E-state index is 12.2. The fraction of sp³-hybridized carbons (Fsp3) is 0.300. The van der Waals surface area contributed by atoms with Crippen molar-refractivity contribution < 1.29 is 19.0 Å². The van der Waals surface area contributed by atoms with Crippen LogP contribution in [0.1, 0.15) is 17.8 Å². The lowest BCUT2D eigenvalue weighted by molar-refractivity contribution is -0.121. The molecule has 0 atom stereocenters. The van der Waals surface area contributed by atoms with Gasteiger partial charge in [0, 0.05) is 19.4 Å². The second kappa shape index (κ2) is 8.44. The number of amides is 1. The summed E-state index contributed by atoms with van der Waals surface area (Å²) in [6.45, 7) is 0.371. The van der Waals surface area contributed by atoms with Crippen LogP contribution >= 0.6 is 0 Å². The zero-order valence-electron chi connectivity index (χ0n) is 15.7. The van der Waals surface area contributed by atoms with Crippen molar-refractivity contribution in [3.8, 4) is 17.2 Å². The highest BCUT2D eigenvalue weighted by atomic mass is 16.5. The molecule has 1 aromatic heterocycles. The van der Waals surface area contributed by atoms with Gasteiger partial charge in [-0.15, -0.1) is 0 Å². The lowest BCUT2D eigenvalue weighted by Gasteiger charge is -2.14. The normalized spacial score (nSPS) is 10.6. The first-order chi connectivity index (χ1) is 13.1. The number of ether oxygens (including phenoxy) is 3. The van der Waals surface area contributed by atoms with E-state index >= 15 is 0 Å². The van der Waals surface area contributed by atoms with E-state index in [1.54, 1.807) is 21.3 Å². The van der Waals surface area contributed by atoms with Gasteiger partial charge < -0.3 is 24.5 Å². The molecule has 0 aliphatic rings. The second-order valence-corrected chi connectivity index (χ2v) is 6.01. The summed E-state index contributed by atoms with van der Waals surface area (Å²) in [5.41, 5.74) is 2.75. The number of hydrogen-bond acceptors (Lipinski definition) is 5. The first-order valence-corrected chi connectivity index (χ1v) is 8.63. The molecule has 0 radical (unpaired) electrons. The zero-order valence-corrected chi connectivity index (χ0v) is 15.7. The molecule has 27 heavy (non-hydrogen) atoms. The van der Waals surface area contributed by atoms with Gasteiger partial charge in [-0.1, -0.05) is 12.1 Å². The molecule has 0 saturated heterocycles. The van der Waals surface area contributed by atoms with Gasteiger partial charge in [0.2, 0.25) is 11.7 Å². The lowest BCUT2D eigenvalue weighted by Crippen LogP contribution is -2.23. The summed E-state index contributed by atoms with van der Waals surface area (Å²) >= 11 is 0. The monoisotopic (exact) mass is 369 g/mol. The van der Waals surface area contributed by atoms with E-state index in [9.17, 15) is 4.79 Å². The summed E-state index contributed by atoms with van der Waals surface area (Å²) in [4.78, 5) is 19.9. The number of hydrogen-bond donors (Lipinski definition) is 2. The molecule has 3 aromatic rings. The number of carbonyl (C=O) groups is 1. The number of aromatic amines is 1. The highest BCUT2D eigenvalue weighted by molar-refractivity contribution is 5.77. The van der Waals surface area contributed by atoms with Crippen molar-refractivity contribution in [2.45, 2.75) is 19.4 Å². The number of benzene rings is 2. The van der Waals surface area contributed by atoms with E-state index < -0.39 is 0 Å². The van der Waals surface area contributed by atoms with Crippen LogP contribution in [0.4, 0.5) is 0 Å². The molecule has 7 heteroatoms. The molecule has 2 aromatic carbocycles. The maximum atomic E-state index is 12.2. The number of rotatable bonds is 8. The summed E-state index contributed by atoms with van der Waals surface area (Å²) in [7, 11) is 4.68. The van der Waals surface area contributed by atoms with Crippen LogP contribution in [-0.4, -0.2) is 37.2 Å². The third-order valence-electron chi connectivity index (χ3n) is 4.24. The van der Waals surface area contributed by atoms with Crippen LogP contribution in [0.2, 0.25) is 0 Å². The van der Waals surface area contributed by atoms with Gasteiger partial charge in [0.25, 0.3) is 0 Å². The molecule has 142 valence electrons. The number of nitrogens with zero attached hydrogens (tertiary/aromatic N) is 1. The molecule has 0 spiro atoms. The van der Waals surface area contributed by atoms with Crippen LogP contribution < -0.4 is 19.5 Å². The van der Waals surface area contributed by atoms with Gasteiger partial charge in [0.1, 0.15) is 5.82 Å². The minimum atomic E-state index is -0.0517. The summed E-state index contributed by atoms with van der Waals surface area (Å²) in [6.07, 6.45) is 0.903. The summed E-state index contributed by atoms with van der Waals surface area (Å²) in [5, 5.41) is 2.91. The third-order valence-corrected chi connectivity index (χ3v) is 4.24. The van der Waals surface area contributed by atoms with E-state index in [2.05, 4.69) is 15.3 Å². The SMILES string of the molecule is COc1cc(CNC(=O)CCc2nc3ccccc3[nH]2)cc(OC)c1OC. The molecule has 0 unspecified atom stereocenters. The Bertz CT molecular complexity index is 878. The van der Waals surface area contributed by atoms with Gasteiger partial charge in [-0.3, -0.25) is 4.79 Å². The van der Waals surface area contributed by atoms with Crippen LogP contribution in [0.25, 0.3) is 11.0 Å². The van der Waals surface area contributed by atoms with Gasteiger partial charge >= 0.3 is 0 Å². The molecule has 0 aliphatic heterocycles. The van der Waals surface area contributed by atoms with Gasteiger partial charge in [0.05, 0.1) is 32.4 Å². The first-order valence-electron chi connectivity index (χ1n) is 8.63. The topological polar surface area (TPSA) is 85.5 Å². The summed E-state index contributed by atoms with van der Waals surface area (Å²) < 4.78 is 16.0. The number of aryl methyl sites for hydroxylation is 1. The highest BCUT2D eigenvalue weighted by Crippen LogP contribution is 2.38. The van der Waals surface area contributed by atoms with E-state index in [-0.39, 0.29) is 5.91 Å². The van der Waals surface area contributed by atoms with Gasteiger partial charge in [-0.2, -0.15) is 0 Å². The summed E-state index contributed by atoms with van der Waals surface area (Å²) in [5.74, 6) is 2.40. The smallest absolute Gasteiger partial charge is 0.220 e. The van der Waals surface area contributed by atoms with E-state index in [1.807, 2.05) is 36.4 Å². The third kappa shape index (κ3) is 4.31. The molecule has 3 rings (SSSR count). The molecule has 0 bridgehead atoms. The fourth-order valence-corrected chi connectivity index (χ4v) is 2.88. The molecule has 7 nitrogen and oxygen atoms in total. The Morgan fingerprint density at radius 1 is 1.07 bits per heavy atom. The van der Waals surface area contributed by atoms with E-state index in [0.717, 1.165) is 22.4 Å². The van der Waals surface area contributed by atoms with Crippen LogP contribution in [0, 0.1) is 0 Å². The quantitative estimate of drug-likeness (QED) is 0.638. The largest absolute Gasteiger partial charge is 0.493 e. The van der Waals surface area contributed by atoms with Crippen LogP contribution in [0.15, 0.2) is 36.4 Å². The van der Waals surface area contributed by atoms with Crippen LogP contribution in [0.3, 0.4) is 0 Å². The van der Waals surface area contributed by atoms with Gasteiger partial charge in [0.15, 0.2) is 11.5 Å². The van der Waals surface area contributed by atoms with Crippen molar-refractivity contribution in [3.63, 3.8) is 0 Å². The molecule has 0 fully saturated rings. The Kier molecular flexibility index (Phi) is 5.80. The Hall–Kier alpha value is -3.22. The molecule has 0 saturated carbocycles. The highest BCUT2D eigenvalue weighted by Gasteiger charge is 2.14. The molecule has 1 heterocycles. The fourth-order valence-electron chi connectivity index (χ4n) is 2.88. The Morgan fingerprint density at radius 3 is 2.41 bits per heavy atom. The molecule has 0 aliphatic carbocycles. The molecule has 1 amide bonds. The van der Waals surface area contributed by atoms with Gasteiger partial charge in [-0.25, -0.2) is 4.98 Å². The van der Waals surface area contributed by atoms with Crippen molar-refractivity contribution in [2.75, 3.05) is 21.3 Å². The standard InChI is InChI=1S/C20H23N3O4/c1-25-16-10-13(11-17(26-2)20(16)27-3)12-21-19(24)9-8-18-22-14-6-4-5-7-15(14)23-18/h4-7,10-11H,8-9,12H2,1-3H3,(H,21,24)(H,22,23). The average molecular weight is 369 g/mol. The van der Waals surface area contributed by atoms with E-state index in [1.165, 1.54) is 0 Å². The van der Waals surface area contributed by atoms with Crippen molar-refractivity contribution in [1.82, 2.24) is 15.3 Å². The van der Waals surface area contributed by atoms with Crippen molar-refractivity contribution in [2.24, 2.45) is 0 Å². The van der Waals surface area contributed by atoms with Crippen molar-refractivity contribution in [3.05, 3.63) is 47.8 Å². The first kappa shape index (κ1) is 18.6. The predicted octanol–water partition coefficient (Wildman–Crippen LogP) is 2.84. The van der Waals surface area contributed by atoms with Gasteiger partial charge in [-0.05, 0) is 29.8 Å². The maximum Gasteiger partial charge on any atom is 0.220 e. The number of H-pyrrole nitrogens is 1. The molecular formula is C20H23N3O4. The van der Waals surface area contributed by atoms with E-state index in [4.69, 9.17) is 14.2 Å². The number of methoxy groups -OCH3 is 3. The number of carbonyl (C=O) groups excluding carboxylic acids is 1. The molecular weight excluding hydrogens is 346 g/mol. The Labute approximate surface area is 157 Å². The Balaban J connectivity index is 1.58. The zero-order chi connectivity index (χ0) is 19.2. The van der Waals surface area contributed by atoms with Crippen molar-refractivity contribution >= 4 is 16.9 Å². The van der Waals surface area contributed by atoms with Crippen LogP contribution in [-0.2, 0) is 17.8 Å². The second-order valence-electron chi connectivity index (χ2n) is 6.01. The number of imidazole rings is 1. The summed E-state index contributed by atoms with van der Waals surface area (Å²) in [6, 6.07) is 11.4. The predicted molar refractivity (Wildman–Crippen MR) is 102 cm³/mol. The minimum absolute atomic E-state index is 0.0517. The molecule has 2 N–H and O–H groups in total. The number of nitrogens with one attached hydrogen (secondary N) is 2. The lowest BCUT2D eigenvalue weighted by atomic mass is 10.1. The minimum Gasteiger partial charge on any atom is -0.493 e. The number of fused-ring (bicyclic) bond motifs is 1. The Morgan fingerprint density at radius 2 is 1.78 bits per heavy atom.